The summed E-state index contributed by atoms with van der Waals surface area (Å²) < 4.78 is 1.33. The molecule has 0 aliphatic carbocycles. The maximum atomic E-state index is 12.0. The molecule has 92 valence electrons. The van der Waals surface area contributed by atoms with Crippen LogP contribution < -0.4 is 5.69 Å². The van der Waals surface area contributed by atoms with E-state index in [9.17, 15) is 9.59 Å². The molecule has 0 saturated heterocycles. The zero-order valence-electron chi connectivity index (χ0n) is 10.4. The van der Waals surface area contributed by atoms with Gasteiger partial charge in [-0.1, -0.05) is 29.8 Å². The molecule has 0 radical (unpaired) electrons. The van der Waals surface area contributed by atoms with Gasteiger partial charge in [0.05, 0.1) is 6.54 Å². The highest BCUT2D eigenvalue weighted by molar-refractivity contribution is 5.95. The first-order chi connectivity index (χ1) is 8.56. The molecule has 0 N–H and O–H groups in total. The van der Waals surface area contributed by atoms with Crippen molar-refractivity contribution in [3.05, 3.63) is 63.8 Å². The van der Waals surface area contributed by atoms with Crippen LogP contribution in [0.4, 0.5) is 0 Å². The van der Waals surface area contributed by atoms with E-state index in [2.05, 4.69) is 4.98 Å². The number of hydrogen-bond acceptors (Lipinski definition) is 3. The van der Waals surface area contributed by atoms with Gasteiger partial charge in [0.2, 0.25) is 0 Å². The van der Waals surface area contributed by atoms with Crippen molar-refractivity contribution in [1.82, 2.24) is 9.55 Å². The summed E-state index contributed by atoms with van der Waals surface area (Å²) >= 11 is 0. The number of rotatable bonds is 3. The van der Waals surface area contributed by atoms with Gasteiger partial charge in [0.15, 0.2) is 5.78 Å². The Morgan fingerprint density at radius 3 is 2.50 bits per heavy atom. The lowest BCUT2D eigenvalue weighted by molar-refractivity contribution is 0.0970. The Morgan fingerprint density at radius 1 is 1.17 bits per heavy atom. The molecule has 4 nitrogen and oxygen atoms in total. The van der Waals surface area contributed by atoms with Crippen molar-refractivity contribution < 1.29 is 4.79 Å². The largest absolute Gasteiger partial charge is 0.347 e. The van der Waals surface area contributed by atoms with Crippen LogP contribution in [-0.4, -0.2) is 15.3 Å². The Hall–Kier alpha value is -2.23. The van der Waals surface area contributed by atoms with Crippen LogP contribution in [-0.2, 0) is 6.54 Å². The molecule has 0 aliphatic rings. The summed E-state index contributed by atoms with van der Waals surface area (Å²) in [5, 5.41) is 0. The Kier molecular flexibility index (Phi) is 3.37. The van der Waals surface area contributed by atoms with E-state index in [4.69, 9.17) is 0 Å². The van der Waals surface area contributed by atoms with Gasteiger partial charge in [0, 0.05) is 18.0 Å². The lowest BCUT2D eigenvalue weighted by Gasteiger charge is -2.05. The Bertz CT molecular complexity index is 627. The SMILES string of the molecule is Cc1ccc(C(=O)Cn2cc(C)cnc2=O)cc1. The highest BCUT2D eigenvalue weighted by atomic mass is 16.2. The minimum atomic E-state index is -0.402. The van der Waals surface area contributed by atoms with Gasteiger partial charge >= 0.3 is 5.69 Å². The van der Waals surface area contributed by atoms with E-state index >= 15 is 0 Å². The van der Waals surface area contributed by atoms with Crippen molar-refractivity contribution >= 4 is 5.78 Å². The summed E-state index contributed by atoms with van der Waals surface area (Å²) in [5.74, 6) is -0.0931. The molecular weight excluding hydrogens is 228 g/mol. The van der Waals surface area contributed by atoms with Crippen LogP contribution in [0.15, 0.2) is 41.5 Å². The van der Waals surface area contributed by atoms with E-state index < -0.39 is 5.69 Å². The molecule has 1 aromatic heterocycles. The van der Waals surface area contributed by atoms with Crippen LogP contribution >= 0.6 is 0 Å². The fraction of sp³-hybridized carbons (Fsp3) is 0.214. The molecule has 2 rings (SSSR count). The molecule has 1 aromatic carbocycles. The van der Waals surface area contributed by atoms with Crippen molar-refractivity contribution in [3.8, 4) is 0 Å². The van der Waals surface area contributed by atoms with Gasteiger partial charge < -0.3 is 0 Å². The van der Waals surface area contributed by atoms with Crippen LogP contribution in [0.1, 0.15) is 21.5 Å². The van der Waals surface area contributed by atoms with Crippen molar-refractivity contribution in [2.45, 2.75) is 20.4 Å². The van der Waals surface area contributed by atoms with Crippen molar-refractivity contribution in [3.63, 3.8) is 0 Å². The first kappa shape index (κ1) is 12.2. The van der Waals surface area contributed by atoms with Crippen molar-refractivity contribution in [2.24, 2.45) is 0 Å². The third kappa shape index (κ3) is 2.71. The monoisotopic (exact) mass is 242 g/mol. The van der Waals surface area contributed by atoms with Crippen LogP contribution in [0, 0.1) is 13.8 Å². The zero-order valence-corrected chi connectivity index (χ0v) is 10.4. The van der Waals surface area contributed by atoms with E-state index in [0.717, 1.165) is 11.1 Å². The minimum Gasteiger partial charge on any atom is -0.292 e. The number of benzene rings is 1. The van der Waals surface area contributed by atoms with Gasteiger partial charge in [-0.2, -0.15) is 0 Å². The lowest BCUT2D eigenvalue weighted by Crippen LogP contribution is -2.26. The average Bonchev–Trinajstić information content (AvgIpc) is 2.34. The molecule has 2 aromatic rings. The topological polar surface area (TPSA) is 52.0 Å². The van der Waals surface area contributed by atoms with Crippen LogP contribution in [0.3, 0.4) is 0 Å². The number of ketones is 1. The zero-order chi connectivity index (χ0) is 13.1. The van der Waals surface area contributed by atoms with E-state index in [1.807, 2.05) is 26.0 Å². The molecule has 0 saturated carbocycles. The van der Waals surface area contributed by atoms with Crippen molar-refractivity contribution in [1.29, 1.82) is 0 Å². The fourth-order valence-corrected chi connectivity index (χ4v) is 1.66. The molecule has 0 aliphatic heterocycles. The second-order valence-electron chi connectivity index (χ2n) is 4.33. The van der Waals surface area contributed by atoms with Crippen LogP contribution in [0.25, 0.3) is 0 Å². The van der Waals surface area contributed by atoms with E-state index in [-0.39, 0.29) is 12.3 Å². The van der Waals surface area contributed by atoms with Crippen LogP contribution in [0.2, 0.25) is 0 Å². The summed E-state index contributed by atoms with van der Waals surface area (Å²) in [6.45, 7) is 3.82. The molecule has 0 atom stereocenters. The second-order valence-corrected chi connectivity index (χ2v) is 4.33. The first-order valence-corrected chi connectivity index (χ1v) is 5.69. The van der Waals surface area contributed by atoms with Gasteiger partial charge in [-0.15, -0.1) is 0 Å². The molecule has 4 heteroatoms. The average molecular weight is 242 g/mol. The van der Waals surface area contributed by atoms with Crippen LogP contribution in [0.5, 0.6) is 0 Å². The number of hydrogen-bond donors (Lipinski definition) is 0. The van der Waals surface area contributed by atoms with Gasteiger partial charge in [-0.05, 0) is 19.4 Å². The molecule has 1 heterocycles. The third-order valence-corrected chi connectivity index (χ3v) is 2.67. The Balaban J connectivity index is 2.24. The van der Waals surface area contributed by atoms with Gasteiger partial charge in [-0.3, -0.25) is 9.36 Å². The summed E-state index contributed by atoms with van der Waals surface area (Å²) in [4.78, 5) is 27.2. The molecule has 0 amide bonds. The van der Waals surface area contributed by atoms with Gasteiger partial charge in [0.1, 0.15) is 0 Å². The maximum absolute atomic E-state index is 12.0. The smallest absolute Gasteiger partial charge is 0.292 e. The summed E-state index contributed by atoms with van der Waals surface area (Å²) in [5.41, 5.74) is 2.15. The number of Topliss-reactive ketones (excluding diaryl/α,β-unsaturated/α-hetero) is 1. The van der Waals surface area contributed by atoms with Gasteiger partial charge in [0.25, 0.3) is 0 Å². The summed E-state index contributed by atoms with van der Waals surface area (Å²) in [6.07, 6.45) is 3.14. The molecule has 0 fully saturated rings. The molecule has 0 unspecified atom stereocenters. The highest BCUT2D eigenvalue weighted by Gasteiger charge is 2.08. The lowest BCUT2D eigenvalue weighted by atomic mass is 10.1. The fourth-order valence-electron chi connectivity index (χ4n) is 1.66. The number of aromatic nitrogens is 2. The second kappa shape index (κ2) is 4.96. The van der Waals surface area contributed by atoms with E-state index in [0.29, 0.717) is 5.56 Å². The van der Waals surface area contributed by atoms with Gasteiger partial charge in [-0.25, -0.2) is 9.78 Å². The molecular formula is C14H14N2O2. The number of carbonyl (C=O) groups is 1. The number of nitrogens with zero attached hydrogens (tertiary/aromatic N) is 2. The quantitative estimate of drug-likeness (QED) is 0.770. The summed E-state index contributed by atoms with van der Waals surface area (Å²) in [6, 6.07) is 7.30. The normalized spacial score (nSPS) is 10.3. The Labute approximate surface area is 105 Å². The minimum absolute atomic E-state index is 0.0244. The number of aryl methyl sites for hydroxylation is 2. The van der Waals surface area contributed by atoms with E-state index in [1.54, 1.807) is 18.3 Å². The first-order valence-electron chi connectivity index (χ1n) is 5.69. The highest BCUT2D eigenvalue weighted by Crippen LogP contribution is 2.05. The Morgan fingerprint density at radius 2 is 1.83 bits per heavy atom. The van der Waals surface area contributed by atoms with E-state index in [1.165, 1.54) is 10.8 Å². The summed E-state index contributed by atoms with van der Waals surface area (Å²) in [7, 11) is 0. The molecule has 18 heavy (non-hydrogen) atoms. The molecule has 0 bridgehead atoms. The maximum Gasteiger partial charge on any atom is 0.347 e. The standard InChI is InChI=1S/C14H14N2O2/c1-10-3-5-12(6-4-10)13(17)9-16-8-11(2)7-15-14(16)18/h3-8H,9H2,1-2H3. The van der Waals surface area contributed by atoms with Crippen molar-refractivity contribution in [2.75, 3.05) is 0 Å². The predicted molar refractivity (Wildman–Crippen MR) is 68.7 cm³/mol. The number of carbonyl (C=O) groups excluding carboxylic acids is 1. The molecule has 0 spiro atoms. The predicted octanol–water partition coefficient (Wildman–Crippen LogP) is 1.74. The third-order valence-electron chi connectivity index (χ3n) is 2.67.